The molecule has 1 fully saturated rings. The lowest BCUT2D eigenvalue weighted by molar-refractivity contribution is -0.294. The first-order valence-electron chi connectivity index (χ1n) is 14.0. The number of nitrogens with zero attached hydrogens (tertiary/aromatic N) is 7. The predicted molar refractivity (Wildman–Crippen MR) is 156 cm³/mol. The third-order valence-electron chi connectivity index (χ3n) is 7.80. The summed E-state index contributed by atoms with van der Waals surface area (Å²) >= 11 is 0. The Hall–Kier alpha value is -5.19. The van der Waals surface area contributed by atoms with Crippen LogP contribution in [0.4, 0.5) is 22.0 Å². The van der Waals surface area contributed by atoms with E-state index in [9.17, 15) is 31.9 Å². The lowest BCUT2D eigenvalue weighted by Crippen LogP contribution is -2.70. The van der Waals surface area contributed by atoms with E-state index in [0.717, 1.165) is 22.8 Å². The maximum atomic E-state index is 13.7. The number of carbonyl (C=O) groups excluding carboxylic acids is 1. The summed E-state index contributed by atoms with van der Waals surface area (Å²) in [5.74, 6) is -1.59. The van der Waals surface area contributed by atoms with Crippen LogP contribution in [-0.2, 0) is 27.7 Å². The fraction of sp³-hybridized carbons (Fsp3) is 0.333. The smallest absolute Gasteiger partial charge is 0.420 e. The molecule has 12 nitrogen and oxygen atoms in total. The monoisotopic (exact) mass is 661 g/mol. The number of hydrogen-bond acceptors (Lipinski definition) is 8. The summed E-state index contributed by atoms with van der Waals surface area (Å²) in [6, 6.07) is 6.13. The van der Waals surface area contributed by atoms with Gasteiger partial charge in [0.2, 0.25) is 0 Å². The molecule has 47 heavy (non-hydrogen) atoms. The van der Waals surface area contributed by atoms with Crippen LogP contribution in [0.25, 0.3) is 33.3 Å². The van der Waals surface area contributed by atoms with Crippen LogP contribution in [0.2, 0.25) is 0 Å². The number of benzene rings is 2. The molecule has 4 heterocycles. The van der Waals surface area contributed by atoms with E-state index in [4.69, 9.17) is 14.2 Å². The van der Waals surface area contributed by atoms with Crippen LogP contribution < -0.4 is 14.2 Å². The van der Waals surface area contributed by atoms with Crippen molar-refractivity contribution in [3.63, 3.8) is 0 Å². The van der Waals surface area contributed by atoms with Crippen molar-refractivity contribution in [1.29, 1.82) is 0 Å². The van der Waals surface area contributed by atoms with Crippen LogP contribution in [0.1, 0.15) is 15.9 Å². The Labute approximate surface area is 263 Å². The largest absolute Gasteiger partial charge is 0.496 e. The number of methoxy groups -OCH3 is 1. The zero-order valence-corrected chi connectivity index (χ0v) is 25.4. The summed E-state index contributed by atoms with van der Waals surface area (Å²) in [4.78, 5) is 14.0. The van der Waals surface area contributed by atoms with E-state index in [1.807, 2.05) is 12.3 Å². The van der Waals surface area contributed by atoms with E-state index in [-0.39, 0.29) is 17.9 Å². The van der Waals surface area contributed by atoms with Gasteiger partial charge in [-0.3, -0.25) is 18.8 Å². The number of likely N-dealkylation sites (tertiary alicyclic amines) is 1. The minimum Gasteiger partial charge on any atom is -0.496 e. The Balaban J connectivity index is 1.48. The molecule has 0 aliphatic carbocycles. The molecule has 0 atom stereocenters. The number of aromatic nitrogens is 6. The number of β-amino-alcohol motifs (C(OH)–C–C–N with tert-alkyl or cyclic N) is 1. The molecule has 17 heteroatoms. The lowest BCUT2D eigenvalue weighted by Gasteiger charge is -2.47. The standard InChI is InChI=1S/C30H28F5N7O5/c1-39-11-16(9-36-39)13-46-22-6-17(19-10-37-40(2)12-19)5-20-24(22)26(41(3)38-20)18-7-21(45-4)25(23(8-18)47-28(31)32)27(43)42-14-29(44,15-42)30(33,34)35/h5-12,28,44H,13-15H2,1-4H3. The Bertz CT molecular complexity index is 1980. The highest BCUT2D eigenvalue weighted by Crippen LogP contribution is 2.45. The first-order valence-corrected chi connectivity index (χ1v) is 14.0. The number of halogens is 5. The van der Waals surface area contributed by atoms with Crippen molar-refractivity contribution in [3.05, 3.63) is 60.2 Å². The lowest BCUT2D eigenvalue weighted by atomic mass is 9.92. The summed E-state index contributed by atoms with van der Waals surface area (Å²) in [5, 5.41) is 23.4. The quantitative estimate of drug-likeness (QED) is 0.232. The summed E-state index contributed by atoms with van der Waals surface area (Å²) in [6.45, 7) is -5.44. The van der Waals surface area contributed by atoms with Gasteiger partial charge in [0.1, 0.15) is 29.4 Å². The van der Waals surface area contributed by atoms with Crippen molar-refractivity contribution < 1.29 is 46.1 Å². The van der Waals surface area contributed by atoms with Gasteiger partial charge in [-0.25, -0.2) is 0 Å². The third-order valence-corrected chi connectivity index (χ3v) is 7.80. The van der Waals surface area contributed by atoms with E-state index in [0.29, 0.717) is 27.2 Å². The topological polar surface area (TPSA) is 122 Å². The van der Waals surface area contributed by atoms with Crippen LogP contribution in [0.5, 0.6) is 17.2 Å². The molecule has 6 rings (SSSR count). The highest BCUT2D eigenvalue weighted by molar-refractivity contribution is 6.04. The molecule has 1 amide bonds. The SMILES string of the molecule is COc1cc(-c2c3c(OCc4cnn(C)c4)cc(-c4cnn(C)c4)cc3nn2C)cc(OC(F)F)c1C(=O)N1CC(O)(C(F)(F)F)C1. The van der Waals surface area contributed by atoms with Crippen LogP contribution in [0.15, 0.2) is 49.1 Å². The maximum absolute atomic E-state index is 13.7. The van der Waals surface area contributed by atoms with Gasteiger partial charge in [-0.05, 0) is 29.8 Å². The van der Waals surface area contributed by atoms with Gasteiger partial charge in [-0.2, -0.15) is 37.2 Å². The molecular formula is C30H28F5N7O5. The van der Waals surface area contributed by atoms with Crippen molar-refractivity contribution in [2.24, 2.45) is 21.1 Å². The van der Waals surface area contributed by atoms with Gasteiger partial charge < -0.3 is 24.2 Å². The minimum atomic E-state index is -4.99. The predicted octanol–water partition coefficient (Wildman–Crippen LogP) is 4.31. The number of hydrogen-bond donors (Lipinski definition) is 1. The average Bonchev–Trinajstić information content (AvgIpc) is 3.69. The van der Waals surface area contributed by atoms with Crippen molar-refractivity contribution in [2.75, 3.05) is 20.2 Å². The van der Waals surface area contributed by atoms with Gasteiger partial charge in [0, 0.05) is 50.2 Å². The number of aliphatic hydroxyl groups is 1. The highest BCUT2D eigenvalue weighted by atomic mass is 19.4. The molecule has 1 saturated heterocycles. The van der Waals surface area contributed by atoms with E-state index >= 15 is 0 Å². The van der Waals surface area contributed by atoms with Gasteiger partial charge >= 0.3 is 12.8 Å². The van der Waals surface area contributed by atoms with Gasteiger partial charge in [0.25, 0.3) is 5.91 Å². The number of carbonyl (C=O) groups is 1. The summed E-state index contributed by atoms with van der Waals surface area (Å²) < 4.78 is 88.3. The molecule has 3 aromatic heterocycles. The molecule has 5 aromatic rings. The molecule has 1 aliphatic rings. The van der Waals surface area contributed by atoms with E-state index in [2.05, 4.69) is 15.3 Å². The zero-order valence-electron chi connectivity index (χ0n) is 25.4. The molecule has 1 N–H and O–H groups in total. The summed E-state index contributed by atoms with van der Waals surface area (Å²) in [6.07, 6.45) is 1.94. The van der Waals surface area contributed by atoms with Crippen molar-refractivity contribution >= 4 is 16.8 Å². The molecular weight excluding hydrogens is 633 g/mol. The summed E-state index contributed by atoms with van der Waals surface area (Å²) in [5.41, 5.74) is -0.252. The number of aryl methyl sites for hydroxylation is 3. The van der Waals surface area contributed by atoms with Crippen LogP contribution in [0, 0.1) is 0 Å². The maximum Gasteiger partial charge on any atom is 0.420 e. The Morgan fingerprint density at radius 2 is 1.62 bits per heavy atom. The number of ether oxygens (including phenoxy) is 3. The normalized spacial score (nSPS) is 14.5. The molecule has 0 unspecified atom stereocenters. The Kier molecular flexibility index (Phi) is 7.81. The molecule has 0 bridgehead atoms. The molecule has 0 radical (unpaired) electrons. The zero-order chi connectivity index (χ0) is 33.8. The van der Waals surface area contributed by atoms with Crippen LogP contribution in [-0.4, -0.2) is 83.8 Å². The highest BCUT2D eigenvalue weighted by Gasteiger charge is 2.62. The van der Waals surface area contributed by atoms with E-state index in [1.165, 1.54) is 17.9 Å². The molecule has 0 saturated carbocycles. The molecule has 2 aromatic carbocycles. The second-order valence-corrected chi connectivity index (χ2v) is 11.2. The number of amides is 1. The van der Waals surface area contributed by atoms with Crippen LogP contribution >= 0.6 is 0 Å². The number of alkyl halides is 5. The third kappa shape index (κ3) is 5.82. The fourth-order valence-corrected chi connectivity index (χ4v) is 5.53. The first kappa shape index (κ1) is 31.8. The Morgan fingerprint density at radius 3 is 2.21 bits per heavy atom. The fourth-order valence-electron chi connectivity index (χ4n) is 5.53. The molecule has 0 spiro atoms. The van der Waals surface area contributed by atoms with Gasteiger partial charge in [-0.1, -0.05) is 0 Å². The average molecular weight is 662 g/mol. The van der Waals surface area contributed by atoms with Crippen LogP contribution in [0.3, 0.4) is 0 Å². The second-order valence-electron chi connectivity index (χ2n) is 11.2. The number of fused-ring (bicyclic) bond motifs is 1. The summed E-state index contributed by atoms with van der Waals surface area (Å²) in [7, 11) is 6.35. The Morgan fingerprint density at radius 1 is 0.957 bits per heavy atom. The molecule has 1 aliphatic heterocycles. The van der Waals surface area contributed by atoms with E-state index < -0.39 is 48.7 Å². The molecule has 248 valence electrons. The van der Waals surface area contributed by atoms with E-state index in [1.54, 1.807) is 55.2 Å². The minimum absolute atomic E-state index is 0.129. The van der Waals surface area contributed by atoms with Gasteiger partial charge in [0.05, 0.1) is 49.2 Å². The van der Waals surface area contributed by atoms with Crippen molar-refractivity contribution in [3.8, 4) is 39.6 Å². The van der Waals surface area contributed by atoms with Crippen molar-refractivity contribution in [1.82, 2.24) is 34.2 Å². The first-order chi connectivity index (χ1) is 22.2. The number of rotatable bonds is 9. The van der Waals surface area contributed by atoms with Crippen molar-refractivity contribution in [2.45, 2.75) is 25.0 Å². The van der Waals surface area contributed by atoms with Gasteiger partial charge in [0.15, 0.2) is 5.60 Å². The van der Waals surface area contributed by atoms with Gasteiger partial charge in [-0.15, -0.1) is 0 Å². The second kappa shape index (κ2) is 11.6.